The average Bonchev–Trinajstić information content (AvgIpc) is 2.90. The third-order valence-corrected chi connectivity index (χ3v) is 6.44. The quantitative estimate of drug-likeness (QED) is 0.198. The number of nitrogens with one attached hydrogen (secondary N) is 2. The van der Waals surface area contributed by atoms with Crippen LogP contribution in [0.3, 0.4) is 0 Å². The first-order valence-electron chi connectivity index (χ1n) is 12.4. The third-order valence-electron chi connectivity index (χ3n) is 5.89. The van der Waals surface area contributed by atoms with E-state index in [4.69, 9.17) is 37.8 Å². The van der Waals surface area contributed by atoms with Crippen molar-refractivity contribution in [3.05, 3.63) is 76.3 Å². The number of carboxylic acids is 1. The summed E-state index contributed by atoms with van der Waals surface area (Å²) in [6.45, 7) is 2.66. The maximum atomic E-state index is 12.2. The number of benzene rings is 3. The van der Waals surface area contributed by atoms with Gasteiger partial charge in [-0.3, -0.25) is 9.59 Å². The van der Waals surface area contributed by atoms with Crippen LogP contribution in [0.5, 0.6) is 11.5 Å². The number of ether oxygens (including phenoxy) is 2. The van der Waals surface area contributed by atoms with Crippen molar-refractivity contribution in [2.45, 2.75) is 38.6 Å². The first-order valence-corrected chi connectivity index (χ1v) is 13.2. The standard InChI is InChI=1S/C29H32Cl2N2O5/c1-3-4-5-22(33-21-9-6-19(7-10-21)29(36)32-15-14-28(34)35)18-38-23-11-13-25(27(17-23)37-2)24-12-8-20(30)16-26(24)31/h6-13,16-17,22,33H,3-5,14-15,18H2,1-2H3,(H,32,36)(H,34,35). The minimum atomic E-state index is -0.953. The van der Waals surface area contributed by atoms with Crippen LogP contribution in [0, 0.1) is 0 Å². The van der Waals surface area contributed by atoms with Gasteiger partial charge < -0.3 is 25.2 Å². The molecule has 0 fully saturated rings. The molecule has 1 amide bonds. The van der Waals surface area contributed by atoms with Crippen molar-refractivity contribution in [1.82, 2.24) is 5.32 Å². The fraction of sp³-hybridized carbons (Fsp3) is 0.310. The van der Waals surface area contributed by atoms with Gasteiger partial charge >= 0.3 is 5.97 Å². The fourth-order valence-electron chi connectivity index (χ4n) is 3.87. The average molecular weight is 559 g/mol. The van der Waals surface area contributed by atoms with Gasteiger partial charge in [0.25, 0.3) is 5.91 Å². The molecular formula is C29H32Cl2N2O5. The molecule has 0 aliphatic rings. The number of hydrogen-bond acceptors (Lipinski definition) is 5. The third kappa shape index (κ3) is 8.57. The second-order valence-electron chi connectivity index (χ2n) is 8.76. The summed E-state index contributed by atoms with van der Waals surface area (Å²) in [7, 11) is 1.61. The Kier molecular flexibility index (Phi) is 11.1. The van der Waals surface area contributed by atoms with Gasteiger partial charge in [0.05, 0.1) is 24.6 Å². The Bertz CT molecular complexity index is 1230. The Morgan fingerprint density at radius 1 is 1.00 bits per heavy atom. The summed E-state index contributed by atoms with van der Waals surface area (Å²) < 4.78 is 11.7. The minimum Gasteiger partial charge on any atom is -0.496 e. The van der Waals surface area contributed by atoms with Crippen molar-refractivity contribution in [1.29, 1.82) is 0 Å². The highest BCUT2D eigenvalue weighted by atomic mass is 35.5. The zero-order chi connectivity index (χ0) is 27.5. The highest BCUT2D eigenvalue weighted by Crippen LogP contribution is 2.38. The van der Waals surface area contributed by atoms with Gasteiger partial charge in [-0.15, -0.1) is 0 Å². The lowest BCUT2D eigenvalue weighted by molar-refractivity contribution is -0.136. The summed E-state index contributed by atoms with van der Waals surface area (Å²) in [6.07, 6.45) is 2.87. The Hall–Kier alpha value is -3.42. The molecule has 0 radical (unpaired) electrons. The molecule has 0 saturated carbocycles. The number of carbonyl (C=O) groups excluding carboxylic acids is 1. The van der Waals surface area contributed by atoms with E-state index in [9.17, 15) is 9.59 Å². The molecule has 0 spiro atoms. The molecule has 3 aromatic carbocycles. The second kappa shape index (κ2) is 14.5. The zero-order valence-electron chi connectivity index (χ0n) is 21.4. The highest BCUT2D eigenvalue weighted by Gasteiger charge is 2.14. The molecule has 1 atom stereocenters. The van der Waals surface area contributed by atoms with Crippen molar-refractivity contribution in [3.8, 4) is 22.6 Å². The van der Waals surface area contributed by atoms with Crippen LogP contribution in [-0.2, 0) is 4.79 Å². The summed E-state index contributed by atoms with van der Waals surface area (Å²) in [6, 6.07) is 18.1. The lowest BCUT2D eigenvalue weighted by atomic mass is 10.0. The van der Waals surface area contributed by atoms with Gasteiger partial charge in [-0.05, 0) is 55.0 Å². The van der Waals surface area contributed by atoms with Crippen LogP contribution >= 0.6 is 23.2 Å². The molecule has 3 aromatic rings. The predicted octanol–water partition coefficient (Wildman–Crippen LogP) is 6.92. The Balaban J connectivity index is 1.65. The lowest BCUT2D eigenvalue weighted by Gasteiger charge is -2.21. The predicted molar refractivity (Wildman–Crippen MR) is 152 cm³/mol. The lowest BCUT2D eigenvalue weighted by Crippen LogP contribution is -2.27. The fourth-order valence-corrected chi connectivity index (χ4v) is 4.39. The zero-order valence-corrected chi connectivity index (χ0v) is 22.9. The van der Waals surface area contributed by atoms with E-state index in [2.05, 4.69) is 17.6 Å². The Morgan fingerprint density at radius 3 is 2.39 bits per heavy atom. The minimum absolute atomic E-state index is 0.0431. The maximum absolute atomic E-state index is 12.2. The molecule has 7 nitrogen and oxygen atoms in total. The number of methoxy groups -OCH3 is 1. The van der Waals surface area contributed by atoms with Crippen LogP contribution in [0.1, 0.15) is 43.0 Å². The van der Waals surface area contributed by atoms with Crippen LogP contribution in [0.2, 0.25) is 10.0 Å². The van der Waals surface area contributed by atoms with Crippen molar-refractivity contribution in [2.24, 2.45) is 0 Å². The van der Waals surface area contributed by atoms with Crippen molar-refractivity contribution < 1.29 is 24.2 Å². The van der Waals surface area contributed by atoms with Gasteiger partial charge in [-0.2, -0.15) is 0 Å². The first-order chi connectivity index (χ1) is 18.3. The molecule has 38 heavy (non-hydrogen) atoms. The van der Waals surface area contributed by atoms with E-state index < -0.39 is 5.97 Å². The molecular weight excluding hydrogens is 527 g/mol. The number of amides is 1. The van der Waals surface area contributed by atoms with Crippen LogP contribution in [0.15, 0.2) is 60.7 Å². The largest absolute Gasteiger partial charge is 0.496 e. The van der Waals surface area contributed by atoms with Crippen LogP contribution < -0.4 is 20.1 Å². The van der Waals surface area contributed by atoms with E-state index in [-0.39, 0.29) is 24.9 Å². The molecule has 0 heterocycles. The van der Waals surface area contributed by atoms with Gasteiger partial charge in [0.1, 0.15) is 18.1 Å². The van der Waals surface area contributed by atoms with Gasteiger partial charge in [0.15, 0.2) is 0 Å². The topological polar surface area (TPSA) is 96.9 Å². The van der Waals surface area contributed by atoms with E-state index >= 15 is 0 Å². The number of hydrogen-bond donors (Lipinski definition) is 3. The number of unbranched alkanes of at least 4 members (excludes halogenated alkanes) is 1. The SMILES string of the molecule is CCCCC(COc1ccc(-c2ccc(Cl)cc2Cl)c(OC)c1)Nc1ccc(C(=O)NCCC(=O)O)cc1. The second-order valence-corrected chi connectivity index (χ2v) is 9.60. The number of carboxylic acid groups (broad SMARTS) is 1. The molecule has 0 aliphatic carbocycles. The summed E-state index contributed by atoms with van der Waals surface area (Å²) >= 11 is 12.4. The first kappa shape index (κ1) is 29.1. The molecule has 3 rings (SSSR count). The number of rotatable bonds is 14. The summed E-state index contributed by atoms with van der Waals surface area (Å²) in [5, 5.41) is 15.9. The molecule has 0 bridgehead atoms. The molecule has 0 aliphatic heterocycles. The smallest absolute Gasteiger partial charge is 0.305 e. The molecule has 0 saturated heterocycles. The monoisotopic (exact) mass is 558 g/mol. The molecule has 9 heteroatoms. The summed E-state index contributed by atoms with van der Waals surface area (Å²) in [4.78, 5) is 22.8. The summed E-state index contributed by atoms with van der Waals surface area (Å²) in [5.74, 6) is 0.0563. The number of carbonyl (C=O) groups is 2. The van der Waals surface area contributed by atoms with Crippen molar-refractivity contribution in [2.75, 3.05) is 25.6 Å². The number of halogens is 2. The van der Waals surface area contributed by atoms with Gasteiger partial charge in [0, 0.05) is 40.0 Å². The van der Waals surface area contributed by atoms with Gasteiger partial charge in [-0.1, -0.05) is 49.0 Å². The molecule has 202 valence electrons. The highest BCUT2D eigenvalue weighted by molar-refractivity contribution is 6.36. The van der Waals surface area contributed by atoms with Gasteiger partial charge in [0.2, 0.25) is 0 Å². The molecule has 3 N–H and O–H groups in total. The number of anilines is 1. The van der Waals surface area contributed by atoms with E-state index in [0.29, 0.717) is 33.7 Å². The van der Waals surface area contributed by atoms with Crippen LogP contribution in [0.4, 0.5) is 5.69 Å². The Morgan fingerprint density at radius 2 is 1.74 bits per heavy atom. The van der Waals surface area contributed by atoms with Crippen molar-refractivity contribution >= 4 is 40.8 Å². The maximum Gasteiger partial charge on any atom is 0.305 e. The Labute approximate surface area is 233 Å². The number of aliphatic carboxylic acids is 1. The normalized spacial score (nSPS) is 11.5. The van der Waals surface area contributed by atoms with E-state index in [0.717, 1.165) is 36.1 Å². The molecule has 0 aromatic heterocycles. The van der Waals surface area contributed by atoms with Crippen LogP contribution in [0.25, 0.3) is 11.1 Å². The molecule has 1 unspecified atom stereocenters. The van der Waals surface area contributed by atoms with Gasteiger partial charge in [-0.25, -0.2) is 0 Å². The van der Waals surface area contributed by atoms with E-state index in [1.807, 2.05) is 36.4 Å². The van der Waals surface area contributed by atoms with E-state index in [1.54, 1.807) is 31.4 Å². The van der Waals surface area contributed by atoms with E-state index in [1.165, 1.54) is 0 Å². The summed E-state index contributed by atoms with van der Waals surface area (Å²) in [5.41, 5.74) is 2.99. The van der Waals surface area contributed by atoms with Crippen LogP contribution in [-0.4, -0.2) is 43.3 Å². The van der Waals surface area contributed by atoms with Crippen molar-refractivity contribution in [3.63, 3.8) is 0 Å².